The molecule has 3 aromatic carbocycles. The predicted molar refractivity (Wildman–Crippen MR) is 234 cm³/mol. The zero-order valence-corrected chi connectivity index (χ0v) is 37.2. The second kappa shape index (κ2) is 18.5. The Labute approximate surface area is 383 Å². The van der Waals surface area contributed by atoms with Crippen LogP contribution in [0.1, 0.15) is 73.8 Å². The Morgan fingerprint density at radius 2 is 1.43 bits per heavy atom. The molecule has 1 aromatic heterocycles. The summed E-state index contributed by atoms with van der Waals surface area (Å²) in [6.45, 7) is 7.22. The summed E-state index contributed by atoms with van der Waals surface area (Å²) in [4.78, 5) is 115. The second-order valence-corrected chi connectivity index (χ2v) is 18.0. The van der Waals surface area contributed by atoms with E-state index in [9.17, 15) is 57.4 Å². The van der Waals surface area contributed by atoms with Crippen molar-refractivity contribution in [2.75, 3.05) is 13.2 Å². The van der Waals surface area contributed by atoms with E-state index in [2.05, 4.69) is 26.3 Å². The highest BCUT2D eigenvalue weighted by Crippen LogP contribution is 2.47. The molecule has 2 heterocycles. The molecule has 7 atom stereocenters. The van der Waals surface area contributed by atoms with Crippen LogP contribution in [0.4, 0.5) is 8.78 Å². The number of carboxylic acids is 2. The predicted octanol–water partition coefficient (Wildman–Crippen LogP) is 3.41. The molecule has 0 radical (unpaired) electrons. The molecule has 0 bridgehead atoms. The highest BCUT2D eigenvalue weighted by molar-refractivity contribution is 6.06. The highest BCUT2D eigenvalue weighted by atomic mass is 19.1. The summed E-state index contributed by atoms with van der Waals surface area (Å²) >= 11 is 0. The summed E-state index contributed by atoms with van der Waals surface area (Å²) < 4.78 is 33.9. The lowest BCUT2D eigenvalue weighted by atomic mass is 9.89. The van der Waals surface area contributed by atoms with Gasteiger partial charge in [0, 0.05) is 11.9 Å². The molecule has 1 aliphatic heterocycles. The Morgan fingerprint density at radius 1 is 0.791 bits per heavy atom. The number of aromatic nitrogens is 1. The minimum absolute atomic E-state index is 0.0197. The first-order valence-electron chi connectivity index (χ1n) is 21.8. The van der Waals surface area contributed by atoms with Crippen LogP contribution < -0.4 is 26.0 Å². The number of carboxylic acid groups (broad SMARTS) is 2. The van der Waals surface area contributed by atoms with Crippen LogP contribution in [-0.2, 0) is 40.0 Å². The lowest BCUT2D eigenvalue weighted by Gasteiger charge is -2.40. The van der Waals surface area contributed by atoms with Crippen LogP contribution >= 0.6 is 0 Å². The van der Waals surface area contributed by atoms with E-state index in [1.54, 1.807) is 58.0 Å². The third-order valence-electron chi connectivity index (χ3n) is 12.7. The molecule has 0 spiro atoms. The van der Waals surface area contributed by atoms with E-state index < -0.39 is 124 Å². The summed E-state index contributed by atoms with van der Waals surface area (Å²) in [7, 11) is 0. The van der Waals surface area contributed by atoms with Crippen molar-refractivity contribution in [3.05, 3.63) is 107 Å². The topological polar surface area (TPSA) is 250 Å². The van der Waals surface area contributed by atoms with Gasteiger partial charge in [-0.15, -0.1) is 0 Å². The summed E-state index contributed by atoms with van der Waals surface area (Å²) in [6, 6.07) is 14.1. The van der Waals surface area contributed by atoms with E-state index in [4.69, 9.17) is 4.74 Å². The third kappa shape index (κ3) is 9.40. The van der Waals surface area contributed by atoms with Crippen LogP contribution in [0.5, 0.6) is 5.75 Å². The fourth-order valence-corrected chi connectivity index (χ4v) is 8.74. The number of benzene rings is 3. The number of amides is 5. The van der Waals surface area contributed by atoms with Crippen LogP contribution in [-0.4, -0.2) is 104 Å². The number of aliphatic carboxylic acids is 2. The number of ketones is 1. The maximum Gasteiger partial charge on any atom is 0.309 e. The molecule has 352 valence electrons. The number of fused-ring (bicyclic) bond motifs is 2. The van der Waals surface area contributed by atoms with Crippen molar-refractivity contribution in [1.82, 2.24) is 31.2 Å². The first kappa shape index (κ1) is 47.6. The van der Waals surface area contributed by atoms with E-state index in [1.807, 2.05) is 25.1 Å². The minimum atomic E-state index is -2.07. The highest BCUT2D eigenvalue weighted by Gasteiger charge is 2.67. The van der Waals surface area contributed by atoms with E-state index >= 15 is 0 Å². The van der Waals surface area contributed by atoms with Gasteiger partial charge in [0.15, 0.2) is 23.2 Å². The molecule has 5 amide bonds. The molecule has 3 aliphatic rings. The Morgan fingerprint density at radius 3 is 2.06 bits per heavy atom. The summed E-state index contributed by atoms with van der Waals surface area (Å²) in [5, 5.41) is 31.3. The molecule has 19 heteroatoms. The number of carbonyl (C=O) groups is 8. The van der Waals surface area contributed by atoms with E-state index in [1.165, 1.54) is 11.0 Å². The van der Waals surface area contributed by atoms with Gasteiger partial charge in [-0.25, -0.2) is 13.8 Å². The lowest BCUT2D eigenvalue weighted by Crippen LogP contribution is -2.62. The number of rotatable bonds is 17. The van der Waals surface area contributed by atoms with E-state index in [0.29, 0.717) is 16.6 Å². The van der Waals surface area contributed by atoms with Crippen LogP contribution in [0, 0.1) is 42.2 Å². The monoisotopic (exact) mass is 924 g/mol. The van der Waals surface area contributed by atoms with Crippen LogP contribution in [0.15, 0.2) is 72.8 Å². The standard InChI is InChI=1S/C48H50F2N6O11/c1-23(2)36(52-40(58)34-16-14-26-9-6-7-12-33(26)51-34)41(59)54-48(21-30(48)45(64)65)46(66)53-37(24(3)4)43(61)56-18-17-27-19-25(5)13-15-28(27)38(56)42(60)55-47(20-29(47)44(62)63)35(57)22-67-39-31(49)10-8-11-32(39)50/h6-16,19,23-24,29-30,36-38H,17-18,20-22H2,1-5H3,(H,52,58)(H,53,66)(H,54,59)(H,55,60)(H,62,63)(H,64,65)/t29-,30-,36-,37-,38-,47+,48+/m0/s1. The van der Waals surface area contributed by atoms with Crippen molar-refractivity contribution in [1.29, 1.82) is 0 Å². The van der Waals surface area contributed by atoms with Gasteiger partial charge >= 0.3 is 11.9 Å². The zero-order valence-electron chi connectivity index (χ0n) is 37.2. The molecular weight excluding hydrogens is 875 g/mol. The lowest BCUT2D eigenvalue weighted by molar-refractivity contribution is -0.147. The van der Waals surface area contributed by atoms with Crippen molar-refractivity contribution >= 4 is 58.2 Å². The molecule has 67 heavy (non-hydrogen) atoms. The third-order valence-corrected chi connectivity index (χ3v) is 12.7. The number of aryl methyl sites for hydroxylation is 1. The fourth-order valence-electron chi connectivity index (χ4n) is 8.74. The number of halogens is 2. The summed E-state index contributed by atoms with van der Waals surface area (Å²) in [5.41, 5.74) is -1.71. The van der Waals surface area contributed by atoms with Gasteiger partial charge in [-0.2, -0.15) is 0 Å². The number of pyridine rings is 1. The van der Waals surface area contributed by atoms with Gasteiger partial charge in [0.2, 0.25) is 23.6 Å². The van der Waals surface area contributed by atoms with Crippen molar-refractivity contribution in [2.45, 2.75) is 83.1 Å². The smallest absolute Gasteiger partial charge is 0.309 e. The SMILES string of the molecule is Cc1ccc2c(c1)CCN(C(=O)[C@@H](NC(=O)[C@@]1(NC(=O)[C@@H](NC(=O)c3ccc4ccccc4n3)C(C)C)C[C@H]1C(=O)O)C(C)C)[C@@H]2C(=O)N[C@]1(C(=O)COc2c(F)cccc2F)C[C@H]1C(=O)O. The molecule has 7 rings (SSSR count). The summed E-state index contributed by atoms with van der Waals surface area (Å²) in [6.07, 6.45) is -0.491. The molecule has 4 aromatic rings. The summed E-state index contributed by atoms with van der Waals surface area (Å²) in [5.74, 6) is -15.3. The van der Waals surface area contributed by atoms with Gasteiger partial charge in [-0.1, -0.05) is 81.8 Å². The molecule has 0 saturated heterocycles. The Hall–Kier alpha value is -7.31. The van der Waals surface area contributed by atoms with Gasteiger partial charge in [-0.05, 0) is 73.4 Å². The van der Waals surface area contributed by atoms with Crippen molar-refractivity contribution < 1.29 is 62.1 Å². The number of ether oxygens (including phenoxy) is 1. The molecule has 2 aliphatic carbocycles. The largest absolute Gasteiger partial charge is 0.481 e. The number of Topliss-reactive ketones (excluding diaryl/α,β-unsaturated/α-hetero) is 1. The normalized spacial score (nSPS) is 22.5. The maximum atomic E-state index is 14.8. The quantitative estimate of drug-likeness (QED) is 0.0892. The molecule has 17 nitrogen and oxygen atoms in total. The average molecular weight is 925 g/mol. The Balaban J connectivity index is 1.12. The second-order valence-electron chi connectivity index (χ2n) is 18.0. The maximum absolute atomic E-state index is 14.8. The van der Waals surface area contributed by atoms with Crippen LogP contribution in [0.2, 0.25) is 0 Å². The molecule has 2 fully saturated rings. The number of nitrogens with one attached hydrogen (secondary N) is 4. The number of para-hydroxylation sites is 2. The van der Waals surface area contributed by atoms with Gasteiger partial charge in [0.1, 0.15) is 41.5 Å². The molecule has 2 saturated carbocycles. The van der Waals surface area contributed by atoms with Gasteiger partial charge in [-0.3, -0.25) is 38.4 Å². The Bertz CT molecular complexity index is 2690. The van der Waals surface area contributed by atoms with Gasteiger partial charge in [0.05, 0.1) is 17.4 Å². The number of hydrogen-bond donors (Lipinski definition) is 6. The number of carbonyl (C=O) groups excluding carboxylic acids is 6. The van der Waals surface area contributed by atoms with Crippen molar-refractivity contribution in [3.63, 3.8) is 0 Å². The fraction of sp³-hybridized carbons (Fsp3) is 0.396. The first-order valence-corrected chi connectivity index (χ1v) is 21.8. The van der Waals surface area contributed by atoms with Gasteiger partial charge < -0.3 is 41.1 Å². The van der Waals surface area contributed by atoms with Crippen LogP contribution in [0.3, 0.4) is 0 Å². The van der Waals surface area contributed by atoms with E-state index in [0.717, 1.165) is 29.1 Å². The molecule has 6 N–H and O–H groups in total. The Kier molecular flexibility index (Phi) is 13.2. The number of nitrogens with zero attached hydrogens (tertiary/aromatic N) is 2. The molecule has 0 unspecified atom stereocenters. The number of hydrogen-bond acceptors (Lipinski definition) is 10. The average Bonchev–Trinajstić information content (AvgIpc) is 4.20. The van der Waals surface area contributed by atoms with Gasteiger partial charge in [0.25, 0.3) is 5.91 Å². The van der Waals surface area contributed by atoms with Crippen LogP contribution in [0.25, 0.3) is 10.9 Å². The van der Waals surface area contributed by atoms with Crippen molar-refractivity contribution in [3.8, 4) is 5.75 Å². The van der Waals surface area contributed by atoms with Crippen molar-refractivity contribution in [2.24, 2.45) is 23.7 Å². The minimum Gasteiger partial charge on any atom is -0.481 e. The molecular formula is C48H50F2N6O11. The zero-order chi connectivity index (χ0) is 48.7. The van der Waals surface area contributed by atoms with E-state index in [-0.39, 0.29) is 31.5 Å². The first-order chi connectivity index (χ1) is 31.7.